The number of pyridine rings is 1. The molecule has 0 saturated heterocycles. The van der Waals surface area contributed by atoms with E-state index < -0.39 is 0 Å². The second kappa shape index (κ2) is 5.74. The van der Waals surface area contributed by atoms with Gasteiger partial charge in [0.05, 0.1) is 0 Å². The molecule has 0 saturated carbocycles. The van der Waals surface area contributed by atoms with E-state index in [0.29, 0.717) is 12.3 Å². The van der Waals surface area contributed by atoms with Gasteiger partial charge in [0.1, 0.15) is 5.69 Å². The second-order valence-corrected chi connectivity index (χ2v) is 4.43. The summed E-state index contributed by atoms with van der Waals surface area (Å²) in [7, 11) is 1.65. The number of Topliss-reactive ketones (excluding diaryl/α,β-unsaturated/α-hetero) is 1. The highest BCUT2D eigenvalue weighted by molar-refractivity contribution is 6.07. The Kier molecular flexibility index (Phi) is 4.05. The average molecular weight is 243 g/mol. The van der Waals surface area contributed by atoms with Crippen molar-refractivity contribution in [2.24, 2.45) is 5.92 Å². The fourth-order valence-corrected chi connectivity index (χ4v) is 1.98. The molecule has 0 aliphatic carbocycles. The molecule has 0 amide bonds. The van der Waals surface area contributed by atoms with E-state index in [1.165, 1.54) is 0 Å². The molecular formula is C15H17NO2. The number of carbonyl (C=O) groups is 1. The molecule has 0 spiro atoms. The lowest BCUT2D eigenvalue weighted by molar-refractivity contribution is 0.0890. The molecule has 0 aliphatic heterocycles. The first-order chi connectivity index (χ1) is 8.74. The monoisotopic (exact) mass is 243 g/mol. The number of nitrogens with zero attached hydrogens (tertiary/aromatic N) is 1. The van der Waals surface area contributed by atoms with E-state index in [9.17, 15) is 4.79 Å². The maximum absolute atomic E-state index is 12.3. The number of benzene rings is 1. The lowest BCUT2D eigenvalue weighted by Gasteiger charge is -2.10. The van der Waals surface area contributed by atoms with Crippen molar-refractivity contribution in [1.82, 2.24) is 4.98 Å². The number of aromatic nitrogens is 1. The maximum Gasteiger partial charge on any atom is 0.184 e. The van der Waals surface area contributed by atoms with Crippen molar-refractivity contribution in [2.75, 3.05) is 13.7 Å². The predicted octanol–water partition coefficient (Wildman–Crippen LogP) is 3.09. The van der Waals surface area contributed by atoms with Crippen LogP contribution in [0.3, 0.4) is 0 Å². The summed E-state index contributed by atoms with van der Waals surface area (Å²) in [6.07, 6.45) is 2.42. The fourth-order valence-electron chi connectivity index (χ4n) is 1.98. The Balaban J connectivity index is 2.33. The Hall–Kier alpha value is -1.74. The molecule has 3 nitrogen and oxygen atoms in total. The van der Waals surface area contributed by atoms with Gasteiger partial charge in [0.2, 0.25) is 0 Å². The van der Waals surface area contributed by atoms with Gasteiger partial charge in [-0.25, -0.2) is 0 Å². The van der Waals surface area contributed by atoms with Crippen LogP contribution in [-0.4, -0.2) is 24.5 Å². The van der Waals surface area contributed by atoms with Crippen LogP contribution in [0.15, 0.2) is 36.5 Å². The van der Waals surface area contributed by atoms with Crippen LogP contribution >= 0.6 is 0 Å². The lowest BCUT2D eigenvalue weighted by Crippen LogP contribution is -2.15. The molecule has 94 valence electrons. The van der Waals surface area contributed by atoms with Crippen molar-refractivity contribution in [2.45, 2.75) is 13.3 Å². The summed E-state index contributed by atoms with van der Waals surface area (Å²) in [6.45, 7) is 2.52. The zero-order valence-corrected chi connectivity index (χ0v) is 10.7. The second-order valence-electron chi connectivity index (χ2n) is 4.43. The SMILES string of the molecule is COCCC(C)C(=O)c1nccc2ccccc12. The number of carbonyl (C=O) groups excluding carboxylic acids is 1. The third-order valence-corrected chi connectivity index (χ3v) is 3.11. The Morgan fingerprint density at radius 2 is 2.11 bits per heavy atom. The Labute approximate surface area is 107 Å². The van der Waals surface area contributed by atoms with Gasteiger partial charge >= 0.3 is 0 Å². The average Bonchev–Trinajstić information content (AvgIpc) is 2.43. The molecule has 1 heterocycles. The molecule has 0 bridgehead atoms. The molecule has 1 aromatic carbocycles. The van der Waals surface area contributed by atoms with Crippen LogP contribution in [0.4, 0.5) is 0 Å². The van der Waals surface area contributed by atoms with Crippen molar-refractivity contribution in [3.05, 3.63) is 42.2 Å². The smallest absolute Gasteiger partial charge is 0.184 e. The summed E-state index contributed by atoms with van der Waals surface area (Å²) >= 11 is 0. The molecule has 3 heteroatoms. The first-order valence-corrected chi connectivity index (χ1v) is 6.11. The van der Waals surface area contributed by atoms with Gasteiger partial charge in [0, 0.05) is 31.2 Å². The lowest BCUT2D eigenvalue weighted by atomic mass is 9.97. The summed E-state index contributed by atoms with van der Waals surface area (Å²) in [5, 5.41) is 1.98. The molecule has 18 heavy (non-hydrogen) atoms. The standard InChI is InChI=1S/C15H17NO2/c1-11(8-10-18-2)15(17)14-13-6-4-3-5-12(13)7-9-16-14/h3-7,9,11H,8,10H2,1-2H3. The number of hydrogen-bond donors (Lipinski definition) is 0. The molecule has 0 fully saturated rings. The number of hydrogen-bond acceptors (Lipinski definition) is 3. The Morgan fingerprint density at radius 1 is 1.33 bits per heavy atom. The van der Waals surface area contributed by atoms with E-state index in [1.807, 2.05) is 37.3 Å². The quantitative estimate of drug-likeness (QED) is 0.757. The van der Waals surface area contributed by atoms with Crippen LogP contribution in [0.2, 0.25) is 0 Å². The number of ether oxygens (including phenoxy) is 1. The van der Waals surface area contributed by atoms with Crippen LogP contribution < -0.4 is 0 Å². The summed E-state index contributed by atoms with van der Waals surface area (Å²) in [6, 6.07) is 9.75. The van der Waals surface area contributed by atoms with E-state index in [-0.39, 0.29) is 11.7 Å². The number of fused-ring (bicyclic) bond motifs is 1. The molecule has 1 unspecified atom stereocenters. The zero-order chi connectivity index (χ0) is 13.0. The Morgan fingerprint density at radius 3 is 2.89 bits per heavy atom. The minimum absolute atomic E-state index is 0.0664. The van der Waals surface area contributed by atoms with Crippen molar-refractivity contribution in [3.63, 3.8) is 0 Å². The van der Waals surface area contributed by atoms with Gasteiger partial charge in [-0.05, 0) is 17.9 Å². The molecule has 1 aromatic heterocycles. The molecule has 0 aliphatic rings. The van der Waals surface area contributed by atoms with Gasteiger partial charge in [-0.15, -0.1) is 0 Å². The molecule has 1 atom stereocenters. The van der Waals surface area contributed by atoms with Crippen LogP contribution in [0.1, 0.15) is 23.8 Å². The molecule has 2 aromatic rings. The number of methoxy groups -OCH3 is 1. The minimum atomic E-state index is -0.0664. The normalized spacial score (nSPS) is 12.6. The molecular weight excluding hydrogens is 226 g/mol. The summed E-state index contributed by atoms with van der Waals surface area (Å²) in [5.41, 5.74) is 0.566. The van der Waals surface area contributed by atoms with Crippen molar-refractivity contribution < 1.29 is 9.53 Å². The highest BCUT2D eigenvalue weighted by Gasteiger charge is 2.18. The maximum atomic E-state index is 12.3. The first kappa shape index (κ1) is 12.7. The third-order valence-electron chi connectivity index (χ3n) is 3.11. The molecule has 0 N–H and O–H groups in total. The highest BCUT2D eigenvalue weighted by Crippen LogP contribution is 2.20. The summed E-state index contributed by atoms with van der Waals surface area (Å²) in [4.78, 5) is 16.6. The van der Waals surface area contributed by atoms with Crippen molar-refractivity contribution in [1.29, 1.82) is 0 Å². The van der Waals surface area contributed by atoms with Crippen LogP contribution in [0.25, 0.3) is 10.8 Å². The van der Waals surface area contributed by atoms with E-state index in [2.05, 4.69) is 4.98 Å². The minimum Gasteiger partial charge on any atom is -0.385 e. The third kappa shape index (κ3) is 2.57. The van der Waals surface area contributed by atoms with Crippen LogP contribution in [0.5, 0.6) is 0 Å². The van der Waals surface area contributed by atoms with Crippen LogP contribution in [0, 0.1) is 5.92 Å². The van der Waals surface area contributed by atoms with Gasteiger partial charge < -0.3 is 4.74 Å². The molecule has 2 rings (SSSR count). The van der Waals surface area contributed by atoms with Crippen molar-refractivity contribution >= 4 is 16.6 Å². The zero-order valence-electron chi connectivity index (χ0n) is 10.7. The molecule has 0 radical (unpaired) electrons. The van der Waals surface area contributed by atoms with Gasteiger partial charge in [0.25, 0.3) is 0 Å². The Bertz CT molecular complexity index is 546. The largest absolute Gasteiger partial charge is 0.385 e. The summed E-state index contributed by atoms with van der Waals surface area (Å²) < 4.78 is 5.01. The number of ketones is 1. The van der Waals surface area contributed by atoms with Gasteiger partial charge in [-0.1, -0.05) is 31.2 Å². The summed E-state index contributed by atoms with van der Waals surface area (Å²) in [5.74, 6) is 0.0205. The van der Waals surface area contributed by atoms with Crippen LogP contribution in [-0.2, 0) is 4.74 Å². The van der Waals surface area contributed by atoms with Gasteiger partial charge in [-0.2, -0.15) is 0 Å². The number of rotatable bonds is 5. The highest BCUT2D eigenvalue weighted by atomic mass is 16.5. The van der Waals surface area contributed by atoms with Gasteiger partial charge in [-0.3, -0.25) is 9.78 Å². The topological polar surface area (TPSA) is 39.2 Å². The van der Waals surface area contributed by atoms with E-state index in [0.717, 1.165) is 17.2 Å². The first-order valence-electron chi connectivity index (χ1n) is 6.11. The van der Waals surface area contributed by atoms with E-state index >= 15 is 0 Å². The fraction of sp³-hybridized carbons (Fsp3) is 0.333. The predicted molar refractivity (Wildman–Crippen MR) is 71.7 cm³/mol. The van der Waals surface area contributed by atoms with Crippen molar-refractivity contribution in [3.8, 4) is 0 Å². The van der Waals surface area contributed by atoms with Gasteiger partial charge in [0.15, 0.2) is 5.78 Å². The van der Waals surface area contributed by atoms with E-state index in [1.54, 1.807) is 13.3 Å². The van der Waals surface area contributed by atoms with E-state index in [4.69, 9.17) is 4.74 Å².